The second-order valence-electron chi connectivity index (χ2n) is 12.2. The van der Waals surface area contributed by atoms with Crippen LogP contribution in [0.1, 0.15) is 68.5 Å². The Balaban J connectivity index is 0.00000461. The van der Waals surface area contributed by atoms with Crippen LogP contribution in [-0.4, -0.2) is 65.9 Å². The molecule has 2 atom stereocenters. The average Bonchev–Trinajstić information content (AvgIpc) is 3.40. The standard InChI is InChI=1S/C35H39Cl2N5O2.ClH/c1-5-44-30-23-26(35(2,3)4)11-16-29(30)33-39-31(24-7-12-27(36)13-8-24)32(25-9-14-28(37)15-10-25)42(33)34(43)41-21-19-40(20-22-41)18-6-17-38;/h7-16,23,31-32H,5-6,18-22H2,1-4H3;1H/t31-,32+;/m0./s1. The van der Waals surface area contributed by atoms with Crippen LogP contribution in [0.2, 0.25) is 10.0 Å². The molecular weight excluding hydrogens is 629 g/mol. The molecule has 0 aromatic heterocycles. The highest BCUT2D eigenvalue weighted by Gasteiger charge is 2.45. The van der Waals surface area contributed by atoms with Crippen LogP contribution >= 0.6 is 35.6 Å². The molecule has 2 aliphatic heterocycles. The molecule has 10 heteroatoms. The molecule has 0 saturated carbocycles. The van der Waals surface area contributed by atoms with Crippen molar-refractivity contribution in [3.05, 3.63) is 99.0 Å². The van der Waals surface area contributed by atoms with Crippen LogP contribution in [0, 0.1) is 11.3 Å². The fourth-order valence-electron chi connectivity index (χ4n) is 5.83. The van der Waals surface area contributed by atoms with E-state index in [-0.39, 0.29) is 29.9 Å². The molecule has 1 saturated heterocycles. The number of nitriles is 1. The normalized spacial score (nSPS) is 18.6. The van der Waals surface area contributed by atoms with Crippen LogP contribution in [0.5, 0.6) is 5.75 Å². The molecule has 0 aliphatic carbocycles. The van der Waals surface area contributed by atoms with Gasteiger partial charge in [0.1, 0.15) is 17.6 Å². The van der Waals surface area contributed by atoms with Gasteiger partial charge in [-0.2, -0.15) is 5.26 Å². The zero-order chi connectivity index (χ0) is 31.4. The Bertz CT molecular complexity index is 1540. The number of urea groups is 1. The molecule has 0 bridgehead atoms. The van der Waals surface area contributed by atoms with Gasteiger partial charge in [-0.15, -0.1) is 12.4 Å². The highest BCUT2D eigenvalue weighted by atomic mass is 35.5. The van der Waals surface area contributed by atoms with Gasteiger partial charge in [-0.05, 0) is 65.4 Å². The highest BCUT2D eigenvalue weighted by molar-refractivity contribution is 6.30. The number of carbonyl (C=O) groups excluding carboxylic acids is 1. The number of amidine groups is 1. The molecule has 3 aromatic rings. The number of hydrogen-bond acceptors (Lipinski definition) is 5. The summed E-state index contributed by atoms with van der Waals surface area (Å²) in [5.74, 6) is 1.27. The van der Waals surface area contributed by atoms with Crippen LogP contribution in [0.3, 0.4) is 0 Å². The van der Waals surface area contributed by atoms with Crippen molar-refractivity contribution >= 4 is 47.5 Å². The molecule has 2 heterocycles. The number of ether oxygens (including phenoxy) is 1. The van der Waals surface area contributed by atoms with Crippen LogP contribution in [0.4, 0.5) is 4.79 Å². The summed E-state index contributed by atoms with van der Waals surface area (Å²) in [6.07, 6.45) is 0.475. The Kier molecular flexibility index (Phi) is 11.4. The average molecular weight is 669 g/mol. The number of hydrogen-bond donors (Lipinski definition) is 0. The van der Waals surface area contributed by atoms with E-state index in [1.54, 1.807) is 0 Å². The first-order valence-corrected chi connectivity index (χ1v) is 15.9. The van der Waals surface area contributed by atoms with Crippen LogP contribution in [0.15, 0.2) is 71.7 Å². The summed E-state index contributed by atoms with van der Waals surface area (Å²) in [6.45, 7) is 12.2. The maximum Gasteiger partial charge on any atom is 0.326 e. The first-order valence-electron chi connectivity index (χ1n) is 15.1. The van der Waals surface area contributed by atoms with E-state index in [4.69, 9.17) is 38.2 Å². The van der Waals surface area contributed by atoms with Crippen LogP contribution in [0.25, 0.3) is 0 Å². The number of piperazine rings is 1. The number of nitrogens with zero attached hydrogens (tertiary/aromatic N) is 5. The van der Waals surface area contributed by atoms with Gasteiger partial charge in [0.2, 0.25) is 0 Å². The van der Waals surface area contributed by atoms with Crippen LogP contribution in [-0.2, 0) is 5.41 Å². The molecule has 7 nitrogen and oxygen atoms in total. The largest absolute Gasteiger partial charge is 0.493 e. The van der Waals surface area contributed by atoms with Gasteiger partial charge in [0.15, 0.2) is 0 Å². The predicted octanol–water partition coefficient (Wildman–Crippen LogP) is 8.31. The van der Waals surface area contributed by atoms with E-state index in [1.165, 1.54) is 0 Å². The zero-order valence-corrected chi connectivity index (χ0v) is 28.5. The van der Waals surface area contributed by atoms with E-state index in [2.05, 4.69) is 43.9 Å². The number of amides is 2. The lowest BCUT2D eigenvalue weighted by Crippen LogP contribution is -2.54. The number of rotatable bonds is 7. The van der Waals surface area contributed by atoms with Gasteiger partial charge >= 0.3 is 6.03 Å². The first kappa shape index (κ1) is 34.6. The lowest BCUT2D eigenvalue weighted by molar-refractivity contribution is 0.120. The second-order valence-corrected chi connectivity index (χ2v) is 13.1. The molecule has 0 unspecified atom stereocenters. The van der Waals surface area contributed by atoms with E-state index in [9.17, 15) is 4.79 Å². The number of halogens is 3. The number of aliphatic imine (C=N–C) groups is 1. The monoisotopic (exact) mass is 667 g/mol. The van der Waals surface area contributed by atoms with E-state index >= 15 is 0 Å². The minimum absolute atomic E-state index is 0. The van der Waals surface area contributed by atoms with E-state index in [0.29, 0.717) is 67.4 Å². The summed E-state index contributed by atoms with van der Waals surface area (Å²) in [7, 11) is 0. The Morgan fingerprint density at radius 2 is 1.56 bits per heavy atom. The van der Waals surface area contributed by atoms with Crippen molar-refractivity contribution in [2.24, 2.45) is 4.99 Å². The van der Waals surface area contributed by atoms with Gasteiger partial charge in [0.05, 0.1) is 24.3 Å². The zero-order valence-electron chi connectivity index (χ0n) is 26.2. The Morgan fingerprint density at radius 3 is 2.11 bits per heavy atom. The van der Waals surface area contributed by atoms with E-state index in [1.807, 2.05) is 71.3 Å². The highest BCUT2D eigenvalue weighted by Crippen LogP contribution is 2.46. The maximum atomic E-state index is 14.7. The Hall–Kier alpha value is -3.28. The van der Waals surface area contributed by atoms with Crippen molar-refractivity contribution < 1.29 is 9.53 Å². The van der Waals surface area contributed by atoms with Gasteiger partial charge < -0.3 is 9.64 Å². The maximum absolute atomic E-state index is 14.7. The molecular formula is C35H40Cl3N5O2. The summed E-state index contributed by atoms with van der Waals surface area (Å²) >= 11 is 12.6. The van der Waals surface area contributed by atoms with Gasteiger partial charge in [-0.3, -0.25) is 14.8 Å². The third-order valence-corrected chi connectivity index (χ3v) is 8.77. The van der Waals surface area contributed by atoms with Crippen LogP contribution < -0.4 is 4.74 Å². The molecule has 238 valence electrons. The quantitative estimate of drug-likeness (QED) is 0.254. The molecule has 45 heavy (non-hydrogen) atoms. The topological polar surface area (TPSA) is 72.2 Å². The Morgan fingerprint density at radius 1 is 0.956 bits per heavy atom. The third-order valence-electron chi connectivity index (χ3n) is 8.27. The summed E-state index contributed by atoms with van der Waals surface area (Å²) < 4.78 is 6.22. The smallest absolute Gasteiger partial charge is 0.326 e. The van der Waals surface area contributed by atoms with E-state index in [0.717, 1.165) is 22.3 Å². The molecule has 3 aromatic carbocycles. The minimum atomic E-state index is -0.427. The molecule has 2 aliphatic rings. The van der Waals surface area contributed by atoms with Crippen molar-refractivity contribution in [1.82, 2.24) is 14.7 Å². The third kappa shape index (κ3) is 7.76. The van der Waals surface area contributed by atoms with Crippen molar-refractivity contribution in [1.29, 1.82) is 5.26 Å². The van der Waals surface area contributed by atoms with Crippen molar-refractivity contribution in [3.63, 3.8) is 0 Å². The van der Waals surface area contributed by atoms with Crippen molar-refractivity contribution in [2.75, 3.05) is 39.3 Å². The number of benzene rings is 3. The molecule has 5 rings (SSSR count). The van der Waals surface area contributed by atoms with E-state index < -0.39 is 6.04 Å². The lowest BCUT2D eigenvalue weighted by atomic mass is 9.86. The van der Waals surface area contributed by atoms with Gasteiger partial charge in [0.25, 0.3) is 0 Å². The minimum Gasteiger partial charge on any atom is -0.493 e. The number of carbonyl (C=O) groups is 1. The predicted molar refractivity (Wildman–Crippen MR) is 184 cm³/mol. The van der Waals surface area contributed by atoms with Gasteiger partial charge in [-0.25, -0.2) is 4.79 Å². The SMILES string of the molecule is CCOc1cc(C(C)(C)C)ccc1C1=N[C@@H](c2ccc(Cl)cc2)[C@@H](c2ccc(Cl)cc2)N1C(=O)N1CCN(CCC#N)CC1.Cl. The Labute approximate surface area is 282 Å². The molecule has 0 N–H and O–H groups in total. The second kappa shape index (κ2) is 14.9. The van der Waals surface area contributed by atoms with Crippen molar-refractivity contribution in [2.45, 2.75) is 51.6 Å². The summed E-state index contributed by atoms with van der Waals surface area (Å²) in [4.78, 5) is 26.0. The first-order chi connectivity index (χ1) is 21.1. The summed E-state index contributed by atoms with van der Waals surface area (Å²) in [6, 6.07) is 22.8. The molecule has 0 radical (unpaired) electrons. The van der Waals surface area contributed by atoms with Gasteiger partial charge in [0, 0.05) is 49.2 Å². The molecule has 0 spiro atoms. The van der Waals surface area contributed by atoms with Gasteiger partial charge in [-0.1, -0.05) is 74.3 Å². The fraction of sp³-hybridized carbons (Fsp3) is 0.400. The summed E-state index contributed by atoms with van der Waals surface area (Å²) in [5.41, 5.74) is 3.71. The molecule has 1 fully saturated rings. The van der Waals surface area contributed by atoms with Crippen molar-refractivity contribution in [3.8, 4) is 11.8 Å². The lowest BCUT2D eigenvalue weighted by Gasteiger charge is -2.39. The fourth-order valence-corrected chi connectivity index (χ4v) is 6.08. The summed E-state index contributed by atoms with van der Waals surface area (Å²) in [5, 5.41) is 10.3. The molecule has 2 amide bonds.